The van der Waals surface area contributed by atoms with Crippen molar-refractivity contribution in [3.05, 3.63) is 33.8 Å². The second-order valence-electron chi connectivity index (χ2n) is 5.65. The van der Waals surface area contributed by atoms with E-state index in [1.165, 1.54) is 6.42 Å². The molecule has 6 heteroatoms. The SMILES string of the molecule is CB1[CH]([Zr+2][C]2=CC=CC2)C=CN1[Si](C)(C)C.[Cl-].[Cl-]. The first-order valence-corrected chi connectivity index (χ1v) is 12.2. The van der Waals surface area contributed by atoms with Crippen LogP contribution in [0.4, 0.5) is 0 Å². The molecule has 1 unspecified atom stereocenters. The van der Waals surface area contributed by atoms with Crippen molar-refractivity contribution in [2.45, 2.75) is 36.4 Å². The van der Waals surface area contributed by atoms with Gasteiger partial charge in [0.25, 0.3) is 0 Å². The van der Waals surface area contributed by atoms with Crippen LogP contribution in [0.5, 0.6) is 0 Å². The van der Waals surface area contributed by atoms with E-state index in [1.807, 2.05) is 0 Å². The Hall–Kier alpha value is 0.765. The van der Waals surface area contributed by atoms with Gasteiger partial charge in [0.2, 0.25) is 0 Å². The topological polar surface area (TPSA) is 3.24 Å². The molecule has 1 atom stereocenters. The van der Waals surface area contributed by atoms with Gasteiger partial charge < -0.3 is 24.8 Å². The van der Waals surface area contributed by atoms with Crippen LogP contribution in [0.15, 0.2) is 33.8 Å². The maximum atomic E-state index is 2.67. The number of hydrogen-bond acceptors (Lipinski definition) is 1. The predicted octanol–water partition coefficient (Wildman–Crippen LogP) is -2.47. The van der Waals surface area contributed by atoms with E-state index < -0.39 is 8.24 Å². The minimum atomic E-state index is -1.15. The molecule has 1 heterocycles. The van der Waals surface area contributed by atoms with Crippen LogP contribution < -0.4 is 24.8 Å². The fraction of sp³-hybridized carbons (Fsp3) is 0.500. The summed E-state index contributed by atoms with van der Waals surface area (Å²) in [7, 11) is -1.15. The van der Waals surface area contributed by atoms with Gasteiger partial charge in [-0.05, 0) is 0 Å². The van der Waals surface area contributed by atoms with Gasteiger partial charge >= 0.3 is 113 Å². The fourth-order valence-electron chi connectivity index (χ4n) is 2.43. The summed E-state index contributed by atoms with van der Waals surface area (Å²) in [5.41, 5.74) is 0. The first-order chi connectivity index (χ1) is 7.48. The number of rotatable bonds is 3. The molecule has 2 rings (SSSR count). The Morgan fingerprint density at radius 3 is 2.44 bits per heavy atom. The average Bonchev–Trinajstić information content (AvgIpc) is 2.76. The minimum Gasteiger partial charge on any atom is -1.00 e. The second kappa shape index (κ2) is 7.52. The Balaban J connectivity index is 0.00000144. The normalized spacial score (nSPS) is 21.3. The summed E-state index contributed by atoms with van der Waals surface area (Å²) in [6, 6.07) is 0. The van der Waals surface area contributed by atoms with Crippen molar-refractivity contribution in [3.8, 4) is 0 Å². The van der Waals surface area contributed by atoms with E-state index in [1.54, 1.807) is 3.28 Å². The first kappa shape index (κ1) is 18.8. The molecule has 1 aliphatic carbocycles. The maximum Gasteiger partial charge on any atom is -1.00 e. The van der Waals surface area contributed by atoms with Gasteiger partial charge in [0.05, 0.1) is 0 Å². The summed E-state index contributed by atoms with van der Waals surface area (Å²) in [6.07, 6.45) is 13.0. The molecule has 18 heavy (non-hydrogen) atoms. The Kier molecular flexibility index (Phi) is 7.84. The molecule has 0 spiro atoms. The average molecular weight is 379 g/mol. The van der Waals surface area contributed by atoms with Crippen LogP contribution in [0.2, 0.25) is 30.0 Å². The van der Waals surface area contributed by atoms with Crippen LogP contribution >= 0.6 is 0 Å². The molecule has 98 valence electrons. The fourth-order valence-corrected chi connectivity index (χ4v) is 8.25. The van der Waals surface area contributed by atoms with Crippen LogP contribution in [0, 0.1) is 0 Å². The van der Waals surface area contributed by atoms with E-state index >= 15 is 0 Å². The minimum absolute atomic E-state index is 0. The summed E-state index contributed by atoms with van der Waals surface area (Å²) >= 11 is -0.377. The molecule has 1 aliphatic heterocycles. The van der Waals surface area contributed by atoms with E-state index in [0.29, 0.717) is 0 Å². The second-order valence-corrected chi connectivity index (χ2v) is 14.4. The molecular weight excluding hydrogens is 359 g/mol. The molecule has 0 saturated carbocycles. The van der Waals surface area contributed by atoms with Crippen molar-refractivity contribution in [1.29, 1.82) is 0 Å². The summed E-state index contributed by atoms with van der Waals surface area (Å²) in [5, 5.41) is 0. The standard InChI is InChI=1S/C7H15BNSi.C5H5.2ClH.Zr/c1-8-6-5-7-9(8)10(2,3)4;1-2-4-5-3-1;;;/h5-7H,1-4H3;1-3H,4H2;2*1H;/q;;;;+2/p-2. The number of nitrogens with zero attached hydrogens (tertiary/aromatic N) is 1. The van der Waals surface area contributed by atoms with Gasteiger partial charge in [-0.15, -0.1) is 0 Å². The Bertz CT molecular complexity index is 366. The Morgan fingerprint density at radius 1 is 1.33 bits per heavy atom. The zero-order chi connectivity index (χ0) is 11.8. The van der Waals surface area contributed by atoms with Crippen LogP contribution in [-0.2, 0) is 23.2 Å². The van der Waals surface area contributed by atoms with Gasteiger partial charge in [-0.1, -0.05) is 0 Å². The van der Waals surface area contributed by atoms with E-state index in [-0.39, 0.29) is 48.0 Å². The zero-order valence-electron chi connectivity index (χ0n) is 11.5. The van der Waals surface area contributed by atoms with Crippen molar-refractivity contribution >= 4 is 15.1 Å². The maximum absolute atomic E-state index is 2.67. The van der Waals surface area contributed by atoms with Crippen LogP contribution in [0.1, 0.15) is 6.42 Å². The molecule has 1 nitrogen and oxygen atoms in total. The van der Waals surface area contributed by atoms with Gasteiger partial charge in [0.1, 0.15) is 0 Å². The van der Waals surface area contributed by atoms with Gasteiger partial charge in [0, 0.05) is 0 Å². The van der Waals surface area contributed by atoms with Crippen molar-refractivity contribution < 1.29 is 48.0 Å². The molecular formula is C12H20BCl2NSiZr. The van der Waals surface area contributed by atoms with Crippen molar-refractivity contribution in [2.75, 3.05) is 0 Å². The van der Waals surface area contributed by atoms with E-state index in [0.717, 1.165) is 10.4 Å². The third-order valence-corrected chi connectivity index (χ3v) is 9.72. The van der Waals surface area contributed by atoms with Gasteiger partial charge in [0.15, 0.2) is 0 Å². The Morgan fingerprint density at radius 2 is 2.00 bits per heavy atom. The third-order valence-electron chi connectivity index (χ3n) is 3.31. The van der Waals surface area contributed by atoms with E-state index in [9.17, 15) is 0 Å². The van der Waals surface area contributed by atoms with Gasteiger partial charge in [-0.3, -0.25) is 0 Å². The molecule has 0 aromatic carbocycles. The number of allylic oxidation sites excluding steroid dienone is 5. The molecule has 0 bridgehead atoms. The van der Waals surface area contributed by atoms with Crippen molar-refractivity contribution in [2.24, 2.45) is 0 Å². The van der Waals surface area contributed by atoms with Gasteiger partial charge in [-0.2, -0.15) is 0 Å². The Labute approximate surface area is 137 Å². The zero-order valence-corrected chi connectivity index (χ0v) is 16.4. The molecule has 0 N–H and O–H groups in total. The molecule has 0 amide bonds. The summed E-state index contributed by atoms with van der Waals surface area (Å²) in [6.45, 7) is 10.5. The molecule has 0 radical (unpaired) electrons. The molecule has 0 fully saturated rings. The first-order valence-electron chi connectivity index (χ1n) is 6.07. The van der Waals surface area contributed by atoms with Crippen molar-refractivity contribution in [1.82, 2.24) is 4.48 Å². The largest absolute Gasteiger partial charge is 1.00 e. The summed E-state index contributed by atoms with van der Waals surface area (Å²) < 4.78 is 5.32. The van der Waals surface area contributed by atoms with E-state index in [2.05, 4.69) is 61.4 Å². The van der Waals surface area contributed by atoms with E-state index in [4.69, 9.17) is 0 Å². The smallest absolute Gasteiger partial charge is 1.00 e. The number of hydrogen-bond donors (Lipinski definition) is 0. The summed E-state index contributed by atoms with van der Waals surface area (Å²) in [5.74, 6) is 0. The molecule has 0 saturated heterocycles. The third kappa shape index (κ3) is 4.40. The molecule has 0 aromatic rings. The molecule has 2 aliphatic rings. The predicted molar refractivity (Wildman–Crippen MR) is 71.5 cm³/mol. The molecule has 0 aromatic heterocycles. The van der Waals surface area contributed by atoms with Crippen LogP contribution in [0.3, 0.4) is 0 Å². The van der Waals surface area contributed by atoms with Crippen molar-refractivity contribution in [3.63, 3.8) is 0 Å². The van der Waals surface area contributed by atoms with Gasteiger partial charge in [-0.25, -0.2) is 0 Å². The monoisotopic (exact) mass is 377 g/mol. The summed E-state index contributed by atoms with van der Waals surface area (Å²) in [4.78, 5) is 0. The van der Waals surface area contributed by atoms with Crippen LogP contribution in [-0.4, -0.2) is 19.6 Å². The quantitative estimate of drug-likeness (QED) is 0.492. The van der Waals surface area contributed by atoms with Crippen LogP contribution in [0.25, 0.3) is 0 Å². The number of halogens is 2.